The van der Waals surface area contributed by atoms with Crippen LogP contribution in [0.25, 0.3) is 0 Å². The van der Waals surface area contributed by atoms with Crippen molar-refractivity contribution in [1.82, 2.24) is 0 Å². The fourth-order valence-corrected chi connectivity index (χ4v) is 4.03. The summed E-state index contributed by atoms with van der Waals surface area (Å²) in [5.74, 6) is -0.611. The number of hydrogen-bond donors (Lipinski definition) is 0. The fraction of sp³-hybridized carbons (Fsp3) is 0.364. The first-order chi connectivity index (χ1) is 6.93. The van der Waals surface area contributed by atoms with E-state index in [-0.39, 0.29) is 11.5 Å². The summed E-state index contributed by atoms with van der Waals surface area (Å²) in [6, 6.07) is 5.14. The van der Waals surface area contributed by atoms with E-state index in [1.807, 2.05) is 13.0 Å². The quantitative estimate of drug-likeness (QED) is 0.725. The molecule has 1 atom stereocenters. The number of hydrogen-bond acceptors (Lipinski definition) is 3. The zero-order chi connectivity index (χ0) is 11.2. The molecule has 1 heterocycles. The highest BCUT2D eigenvalue weighted by molar-refractivity contribution is 7.91. The highest BCUT2D eigenvalue weighted by atomic mass is 32.2. The van der Waals surface area contributed by atoms with E-state index >= 15 is 0 Å². The van der Waals surface area contributed by atoms with E-state index in [4.69, 9.17) is 0 Å². The molecule has 0 saturated heterocycles. The standard InChI is InChI=1S/C11H12O3S/c1-7-4-3-5-10-11(7)9(8(2)12)6-15(10,13)14/h3-5,9H,6H2,1-2H3. The van der Waals surface area contributed by atoms with Crippen molar-refractivity contribution in [2.45, 2.75) is 24.7 Å². The van der Waals surface area contributed by atoms with Crippen LogP contribution in [0.5, 0.6) is 0 Å². The van der Waals surface area contributed by atoms with Crippen LogP contribution < -0.4 is 0 Å². The second-order valence-corrected chi connectivity index (χ2v) is 5.93. The molecule has 0 aliphatic carbocycles. The molecule has 1 aliphatic heterocycles. The van der Waals surface area contributed by atoms with Crippen LogP contribution in [-0.4, -0.2) is 20.0 Å². The van der Waals surface area contributed by atoms with Gasteiger partial charge in [0.1, 0.15) is 5.78 Å². The SMILES string of the molecule is CC(=O)C1CS(=O)(=O)c2cccc(C)c21. The molecule has 0 spiro atoms. The Morgan fingerprint density at radius 3 is 2.67 bits per heavy atom. The average molecular weight is 224 g/mol. The van der Waals surface area contributed by atoms with Gasteiger partial charge in [0.15, 0.2) is 9.84 Å². The summed E-state index contributed by atoms with van der Waals surface area (Å²) in [4.78, 5) is 11.7. The van der Waals surface area contributed by atoms with Crippen LogP contribution in [0.3, 0.4) is 0 Å². The Kier molecular flexibility index (Phi) is 2.19. The number of rotatable bonds is 1. The number of carbonyl (C=O) groups is 1. The largest absolute Gasteiger partial charge is 0.299 e. The molecule has 0 bridgehead atoms. The molecule has 2 rings (SSSR count). The average Bonchev–Trinajstić information content (AvgIpc) is 2.40. The Labute approximate surface area is 89.0 Å². The molecule has 0 aromatic heterocycles. The third kappa shape index (κ3) is 1.49. The Bertz CT molecular complexity index is 529. The normalized spacial score (nSPS) is 22.4. The molecule has 0 N–H and O–H groups in total. The van der Waals surface area contributed by atoms with Gasteiger partial charge in [-0.2, -0.15) is 0 Å². The zero-order valence-electron chi connectivity index (χ0n) is 8.65. The lowest BCUT2D eigenvalue weighted by Gasteiger charge is -2.07. The maximum atomic E-state index is 11.8. The lowest BCUT2D eigenvalue weighted by Crippen LogP contribution is -2.11. The van der Waals surface area contributed by atoms with Crippen molar-refractivity contribution in [3.8, 4) is 0 Å². The van der Waals surface area contributed by atoms with Crippen LogP contribution in [0.1, 0.15) is 24.0 Å². The summed E-state index contributed by atoms with van der Waals surface area (Å²) < 4.78 is 23.5. The van der Waals surface area contributed by atoms with E-state index in [0.29, 0.717) is 10.5 Å². The summed E-state index contributed by atoms with van der Waals surface area (Å²) in [5.41, 5.74) is 1.58. The van der Waals surface area contributed by atoms with Crippen LogP contribution in [0, 0.1) is 6.92 Å². The number of Topliss-reactive ketones (excluding diaryl/α,β-unsaturated/α-hetero) is 1. The van der Waals surface area contributed by atoms with Crippen molar-refractivity contribution in [1.29, 1.82) is 0 Å². The minimum Gasteiger partial charge on any atom is -0.299 e. The Balaban J connectivity index is 2.75. The predicted molar refractivity (Wildman–Crippen MR) is 56.7 cm³/mol. The maximum Gasteiger partial charge on any atom is 0.179 e. The number of ketones is 1. The summed E-state index contributed by atoms with van der Waals surface area (Å²) in [5, 5.41) is 0. The van der Waals surface area contributed by atoms with Crippen molar-refractivity contribution in [2.24, 2.45) is 0 Å². The molecule has 3 nitrogen and oxygen atoms in total. The van der Waals surface area contributed by atoms with Gasteiger partial charge in [-0.05, 0) is 31.0 Å². The number of sulfone groups is 1. The van der Waals surface area contributed by atoms with Crippen molar-refractivity contribution >= 4 is 15.6 Å². The lowest BCUT2D eigenvalue weighted by molar-refractivity contribution is -0.117. The smallest absolute Gasteiger partial charge is 0.179 e. The van der Waals surface area contributed by atoms with Gasteiger partial charge in [-0.25, -0.2) is 8.42 Å². The third-order valence-corrected chi connectivity index (χ3v) is 4.64. The number of carbonyl (C=O) groups excluding carboxylic acids is 1. The van der Waals surface area contributed by atoms with Crippen molar-refractivity contribution < 1.29 is 13.2 Å². The highest BCUT2D eigenvalue weighted by Crippen LogP contribution is 2.37. The summed E-state index contributed by atoms with van der Waals surface area (Å²) in [6.07, 6.45) is 0. The van der Waals surface area contributed by atoms with Crippen LogP contribution in [0.15, 0.2) is 23.1 Å². The maximum absolute atomic E-state index is 11.8. The molecule has 0 fully saturated rings. The van der Waals surface area contributed by atoms with Crippen molar-refractivity contribution in [2.75, 3.05) is 5.75 Å². The molecule has 0 amide bonds. The molecule has 4 heteroatoms. The number of benzene rings is 1. The van der Waals surface area contributed by atoms with E-state index in [1.165, 1.54) is 6.92 Å². The van der Waals surface area contributed by atoms with Gasteiger partial charge in [0, 0.05) is 0 Å². The first-order valence-corrected chi connectivity index (χ1v) is 6.41. The molecule has 0 radical (unpaired) electrons. The van der Waals surface area contributed by atoms with E-state index in [0.717, 1.165) is 5.56 Å². The van der Waals surface area contributed by atoms with Gasteiger partial charge in [0.05, 0.1) is 16.6 Å². The van der Waals surface area contributed by atoms with Gasteiger partial charge in [0.2, 0.25) is 0 Å². The minimum absolute atomic E-state index is 0.0669. The van der Waals surface area contributed by atoms with Crippen LogP contribution in [0.4, 0.5) is 0 Å². The molecular weight excluding hydrogens is 212 g/mol. The van der Waals surface area contributed by atoms with Crippen LogP contribution >= 0.6 is 0 Å². The topological polar surface area (TPSA) is 51.2 Å². The minimum atomic E-state index is -3.24. The molecule has 1 unspecified atom stereocenters. The predicted octanol–water partition coefficient (Wildman–Crippen LogP) is 1.45. The van der Waals surface area contributed by atoms with Crippen molar-refractivity contribution in [3.63, 3.8) is 0 Å². The number of fused-ring (bicyclic) bond motifs is 1. The Hall–Kier alpha value is -1.16. The van der Waals surface area contributed by atoms with E-state index < -0.39 is 15.8 Å². The Morgan fingerprint density at radius 2 is 2.07 bits per heavy atom. The molecule has 1 aromatic carbocycles. The molecule has 1 aromatic rings. The molecule has 0 saturated carbocycles. The summed E-state index contributed by atoms with van der Waals surface area (Å²) >= 11 is 0. The number of aryl methyl sites for hydroxylation is 1. The first kappa shape index (κ1) is 10.4. The van der Waals surface area contributed by atoms with E-state index in [9.17, 15) is 13.2 Å². The lowest BCUT2D eigenvalue weighted by atomic mass is 9.94. The Morgan fingerprint density at radius 1 is 1.40 bits per heavy atom. The highest BCUT2D eigenvalue weighted by Gasteiger charge is 2.37. The van der Waals surface area contributed by atoms with E-state index in [2.05, 4.69) is 0 Å². The van der Waals surface area contributed by atoms with Crippen LogP contribution in [0.2, 0.25) is 0 Å². The fourth-order valence-electron chi connectivity index (χ4n) is 2.08. The second-order valence-electron chi connectivity index (χ2n) is 3.93. The van der Waals surface area contributed by atoms with Gasteiger partial charge < -0.3 is 0 Å². The van der Waals surface area contributed by atoms with Gasteiger partial charge in [-0.3, -0.25) is 4.79 Å². The van der Waals surface area contributed by atoms with Gasteiger partial charge in [0.25, 0.3) is 0 Å². The molecule has 15 heavy (non-hydrogen) atoms. The van der Waals surface area contributed by atoms with Crippen molar-refractivity contribution in [3.05, 3.63) is 29.3 Å². The van der Waals surface area contributed by atoms with Crippen LogP contribution in [-0.2, 0) is 14.6 Å². The first-order valence-electron chi connectivity index (χ1n) is 4.76. The van der Waals surface area contributed by atoms with Gasteiger partial charge in [-0.15, -0.1) is 0 Å². The molecule has 1 aliphatic rings. The molecular formula is C11H12O3S. The third-order valence-electron chi connectivity index (χ3n) is 2.84. The second kappa shape index (κ2) is 3.17. The van der Waals surface area contributed by atoms with E-state index in [1.54, 1.807) is 12.1 Å². The van der Waals surface area contributed by atoms with Gasteiger partial charge in [-0.1, -0.05) is 12.1 Å². The monoisotopic (exact) mass is 224 g/mol. The molecule has 80 valence electrons. The zero-order valence-corrected chi connectivity index (χ0v) is 9.47. The summed E-state index contributed by atoms with van der Waals surface area (Å²) in [6.45, 7) is 3.29. The summed E-state index contributed by atoms with van der Waals surface area (Å²) in [7, 11) is -3.24. The van der Waals surface area contributed by atoms with Gasteiger partial charge >= 0.3 is 0 Å².